The van der Waals surface area contributed by atoms with Crippen LogP contribution < -0.4 is 10.5 Å². The van der Waals surface area contributed by atoms with E-state index in [0.717, 1.165) is 0 Å². The van der Waals surface area contributed by atoms with Gasteiger partial charge < -0.3 is 10.5 Å². The van der Waals surface area contributed by atoms with Crippen molar-refractivity contribution in [2.75, 3.05) is 5.73 Å². The number of ether oxygens (including phenoxy) is 1. The monoisotopic (exact) mass is 280 g/mol. The first-order valence-electron chi connectivity index (χ1n) is 5.18. The Hall–Kier alpha value is -2.41. The smallest absolute Gasteiger partial charge is 0.288 e. The fourth-order valence-corrected chi connectivity index (χ4v) is 1.59. The highest BCUT2D eigenvalue weighted by molar-refractivity contribution is 6.32. The normalized spacial score (nSPS) is 10.2. The van der Waals surface area contributed by atoms with E-state index in [-0.39, 0.29) is 22.5 Å². The van der Waals surface area contributed by atoms with Gasteiger partial charge in [0.15, 0.2) is 0 Å². The summed E-state index contributed by atoms with van der Waals surface area (Å²) in [6.07, 6.45) is 1.52. The summed E-state index contributed by atoms with van der Waals surface area (Å²) in [4.78, 5) is 17.8. The van der Waals surface area contributed by atoms with Crippen molar-refractivity contribution in [2.24, 2.45) is 0 Å². The number of nitrogens with zero attached hydrogens (tertiary/aromatic N) is 3. The number of hydrogen-bond donors (Lipinski definition) is 1. The number of aromatic nitrogens is 2. The van der Waals surface area contributed by atoms with Crippen molar-refractivity contribution >= 4 is 23.2 Å². The molecule has 0 atom stereocenters. The van der Waals surface area contributed by atoms with Gasteiger partial charge >= 0.3 is 0 Å². The van der Waals surface area contributed by atoms with Crippen LogP contribution in [0.5, 0.6) is 11.6 Å². The van der Waals surface area contributed by atoms with Crippen LogP contribution in [0.15, 0.2) is 24.4 Å². The molecule has 8 heteroatoms. The molecule has 2 rings (SSSR count). The second-order valence-corrected chi connectivity index (χ2v) is 4.10. The molecular weight excluding hydrogens is 272 g/mol. The maximum Gasteiger partial charge on any atom is 0.288 e. The summed E-state index contributed by atoms with van der Waals surface area (Å²) in [6.45, 7) is 1.75. The topological polar surface area (TPSA) is 104 Å². The highest BCUT2D eigenvalue weighted by Crippen LogP contribution is 2.31. The van der Waals surface area contributed by atoms with Crippen LogP contribution in [0.2, 0.25) is 5.02 Å². The highest BCUT2D eigenvalue weighted by Gasteiger charge is 2.13. The fourth-order valence-electron chi connectivity index (χ4n) is 1.35. The number of hydrogen-bond acceptors (Lipinski definition) is 6. The number of nitrogens with two attached hydrogens (primary N) is 1. The number of rotatable bonds is 3. The van der Waals surface area contributed by atoms with E-state index in [9.17, 15) is 10.1 Å². The average Bonchev–Trinajstić information content (AvgIpc) is 2.33. The average molecular weight is 281 g/mol. The molecule has 2 aromatic rings. The minimum absolute atomic E-state index is 0.0119. The van der Waals surface area contributed by atoms with Gasteiger partial charge in [-0.25, -0.2) is 4.98 Å². The number of aryl methyl sites for hydroxylation is 1. The van der Waals surface area contributed by atoms with E-state index in [0.29, 0.717) is 11.3 Å². The Morgan fingerprint density at radius 3 is 2.84 bits per heavy atom. The van der Waals surface area contributed by atoms with E-state index >= 15 is 0 Å². The minimum Gasteiger partial charge on any atom is -0.439 e. The molecule has 19 heavy (non-hydrogen) atoms. The van der Waals surface area contributed by atoms with Gasteiger partial charge in [-0.15, -0.1) is 0 Å². The molecule has 0 aliphatic rings. The minimum atomic E-state index is -0.569. The SMILES string of the molecule is Cc1cnc(N)nc1Oc1ccc([N+](=O)[O-])c(Cl)c1. The standard InChI is InChI=1S/C11H9ClN4O3/c1-6-5-14-11(13)15-10(6)19-7-2-3-9(16(17)18)8(12)4-7/h2-5H,1H3,(H2,13,14,15). The molecule has 0 saturated carbocycles. The summed E-state index contributed by atoms with van der Waals surface area (Å²) in [5.41, 5.74) is 5.95. The number of nitro benzene ring substituents is 1. The van der Waals surface area contributed by atoms with Crippen LogP contribution in [0.4, 0.5) is 11.6 Å². The van der Waals surface area contributed by atoms with Crippen molar-refractivity contribution in [1.82, 2.24) is 9.97 Å². The summed E-state index contributed by atoms with van der Waals surface area (Å²) in [5.74, 6) is 0.683. The van der Waals surface area contributed by atoms with Crippen LogP contribution >= 0.6 is 11.6 Å². The number of anilines is 1. The van der Waals surface area contributed by atoms with Gasteiger partial charge in [-0.1, -0.05) is 11.6 Å². The van der Waals surface area contributed by atoms with Gasteiger partial charge in [0.05, 0.1) is 4.92 Å². The first-order valence-corrected chi connectivity index (χ1v) is 5.56. The molecule has 0 aliphatic heterocycles. The third-order valence-electron chi connectivity index (χ3n) is 2.27. The van der Waals surface area contributed by atoms with Crippen LogP contribution in [0.1, 0.15) is 5.56 Å². The molecule has 2 N–H and O–H groups in total. The molecule has 0 aliphatic carbocycles. The zero-order valence-electron chi connectivity index (χ0n) is 9.83. The van der Waals surface area contributed by atoms with Crippen molar-refractivity contribution in [1.29, 1.82) is 0 Å². The number of nitro groups is 1. The van der Waals surface area contributed by atoms with Crippen LogP contribution in [0.25, 0.3) is 0 Å². The number of halogens is 1. The van der Waals surface area contributed by atoms with Crippen molar-refractivity contribution in [3.63, 3.8) is 0 Å². The Labute approximate surface area is 113 Å². The Balaban J connectivity index is 2.31. The van der Waals surface area contributed by atoms with Gasteiger partial charge in [0.25, 0.3) is 5.69 Å². The molecule has 1 heterocycles. The molecule has 98 valence electrons. The molecule has 0 radical (unpaired) electrons. The van der Waals surface area contributed by atoms with Crippen LogP contribution in [0, 0.1) is 17.0 Å². The molecule has 0 bridgehead atoms. The van der Waals surface area contributed by atoms with Gasteiger partial charge in [-0.2, -0.15) is 4.98 Å². The first-order chi connectivity index (χ1) is 8.97. The second kappa shape index (κ2) is 5.07. The van der Waals surface area contributed by atoms with Gasteiger partial charge in [0, 0.05) is 23.9 Å². The summed E-state index contributed by atoms with van der Waals surface area (Å²) in [5, 5.41) is 10.6. The van der Waals surface area contributed by atoms with Crippen LogP contribution in [-0.2, 0) is 0 Å². The third kappa shape index (κ3) is 2.89. The summed E-state index contributed by atoms with van der Waals surface area (Å²) in [7, 11) is 0. The molecule has 0 unspecified atom stereocenters. The third-order valence-corrected chi connectivity index (χ3v) is 2.58. The molecule has 7 nitrogen and oxygen atoms in total. The van der Waals surface area contributed by atoms with E-state index in [4.69, 9.17) is 22.1 Å². The van der Waals surface area contributed by atoms with Crippen molar-refractivity contribution in [2.45, 2.75) is 6.92 Å². The molecule has 0 fully saturated rings. The Kier molecular flexibility index (Phi) is 3.48. The Bertz CT molecular complexity index is 648. The van der Waals surface area contributed by atoms with Crippen molar-refractivity contribution in [3.8, 4) is 11.6 Å². The molecule has 0 amide bonds. The van der Waals surface area contributed by atoms with Crippen molar-refractivity contribution < 1.29 is 9.66 Å². The van der Waals surface area contributed by atoms with E-state index in [2.05, 4.69) is 9.97 Å². The quantitative estimate of drug-likeness (QED) is 0.684. The van der Waals surface area contributed by atoms with E-state index in [1.165, 1.54) is 24.4 Å². The summed E-state index contributed by atoms with van der Waals surface area (Å²) in [6, 6.07) is 4.04. The molecular formula is C11H9ClN4O3. The van der Waals surface area contributed by atoms with E-state index < -0.39 is 4.92 Å². The van der Waals surface area contributed by atoms with Gasteiger partial charge in [-0.3, -0.25) is 10.1 Å². The fraction of sp³-hybridized carbons (Fsp3) is 0.0909. The maximum atomic E-state index is 10.6. The largest absolute Gasteiger partial charge is 0.439 e. The Morgan fingerprint density at radius 2 is 2.21 bits per heavy atom. The highest BCUT2D eigenvalue weighted by atomic mass is 35.5. The lowest BCUT2D eigenvalue weighted by molar-refractivity contribution is -0.384. The van der Waals surface area contributed by atoms with Crippen molar-refractivity contribution in [3.05, 3.63) is 45.1 Å². The Morgan fingerprint density at radius 1 is 1.47 bits per heavy atom. The summed E-state index contributed by atoms with van der Waals surface area (Å²) >= 11 is 5.78. The van der Waals surface area contributed by atoms with Gasteiger partial charge in [-0.05, 0) is 13.0 Å². The second-order valence-electron chi connectivity index (χ2n) is 3.69. The lowest BCUT2D eigenvalue weighted by Crippen LogP contribution is -1.99. The van der Waals surface area contributed by atoms with Gasteiger partial charge in [0.2, 0.25) is 11.8 Å². The lowest BCUT2D eigenvalue weighted by atomic mass is 10.3. The van der Waals surface area contributed by atoms with E-state index in [1.807, 2.05) is 0 Å². The molecule has 1 aromatic heterocycles. The van der Waals surface area contributed by atoms with E-state index in [1.54, 1.807) is 6.92 Å². The van der Waals surface area contributed by atoms with Crippen LogP contribution in [-0.4, -0.2) is 14.9 Å². The first kappa shape index (κ1) is 13.0. The lowest BCUT2D eigenvalue weighted by Gasteiger charge is -2.07. The molecule has 0 saturated heterocycles. The van der Waals surface area contributed by atoms with Crippen LogP contribution in [0.3, 0.4) is 0 Å². The zero-order valence-corrected chi connectivity index (χ0v) is 10.6. The number of nitrogen functional groups attached to an aromatic ring is 1. The maximum absolute atomic E-state index is 10.6. The number of benzene rings is 1. The zero-order chi connectivity index (χ0) is 14.0. The molecule has 0 spiro atoms. The predicted molar refractivity (Wildman–Crippen MR) is 69.4 cm³/mol. The molecule has 1 aromatic carbocycles. The predicted octanol–water partition coefficient (Wildman–Crippen LogP) is 2.72. The van der Waals surface area contributed by atoms with Gasteiger partial charge in [0.1, 0.15) is 10.8 Å². The summed E-state index contributed by atoms with van der Waals surface area (Å²) < 4.78 is 5.47.